The van der Waals surface area contributed by atoms with E-state index in [9.17, 15) is 9.59 Å². The molecule has 0 bridgehead atoms. The smallest absolute Gasteiger partial charge is 0.302 e. The number of aryl methyl sites for hydroxylation is 1. The highest BCUT2D eigenvalue weighted by atomic mass is 16.5. The lowest BCUT2D eigenvalue weighted by Gasteiger charge is -2.17. The third kappa shape index (κ3) is 6.72. The number of benzene rings is 1. The molecule has 1 aromatic rings. The lowest BCUT2D eigenvalue weighted by atomic mass is 10.0. The molecule has 0 aliphatic heterocycles. The van der Waals surface area contributed by atoms with E-state index in [1.165, 1.54) is 13.8 Å². The molecule has 0 unspecified atom stereocenters. The molecule has 0 heterocycles. The number of unbranched alkanes of at least 4 members (excludes halogenated alkanes) is 1. The number of esters is 2. The Morgan fingerprint density at radius 1 is 0.957 bits per heavy atom. The monoisotopic (exact) mass is 322 g/mol. The minimum atomic E-state index is -0.340. The van der Waals surface area contributed by atoms with Gasteiger partial charge < -0.3 is 14.2 Å². The second kappa shape index (κ2) is 9.87. The fourth-order valence-corrected chi connectivity index (χ4v) is 2.25. The van der Waals surface area contributed by atoms with Gasteiger partial charge in [-0.25, -0.2) is 0 Å². The van der Waals surface area contributed by atoms with E-state index in [1.807, 2.05) is 19.1 Å². The van der Waals surface area contributed by atoms with Crippen molar-refractivity contribution in [3.63, 3.8) is 0 Å². The van der Waals surface area contributed by atoms with Gasteiger partial charge in [-0.1, -0.05) is 13.3 Å². The van der Waals surface area contributed by atoms with Gasteiger partial charge in [-0.15, -0.1) is 0 Å². The zero-order valence-corrected chi connectivity index (χ0v) is 14.4. The molecule has 0 radical (unpaired) electrons. The van der Waals surface area contributed by atoms with Crippen LogP contribution in [0.3, 0.4) is 0 Å². The summed E-state index contributed by atoms with van der Waals surface area (Å²) in [5.74, 6) is -0.0452. The third-order valence-corrected chi connectivity index (χ3v) is 3.27. The Morgan fingerprint density at radius 3 is 1.87 bits per heavy atom. The number of carbonyl (C=O) groups is 2. The fraction of sp³-hybridized carbons (Fsp3) is 0.556. The molecule has 0 amide bonds. The van der Waals surface area contributed by atoms with Crippen LogP contribution in [0.2, 0.25) is 0 Å². The summed E-state index contributed by atoms with van der Waals surface area (Å²) in [6.45, 7) is 7.55. The van der Waals surface area contributed by atoms with Crippen molar-refractivity contribution in [2.45, 2.75) is 60.2 Å². The normalized spacial score (nSPS) is 10.3. The van der Waals surface area contributed by atoms with Crippen LogP contribution in [0.1, 0.15) is 57.2 Å². The predicted molar refractivity (Wildman–Crippen MR) is 87.2 cm³/mol. The highest BCUT2D eigenvalue weighted by Gasteiger charge is 2.14. The van der Waals surface area contributed by atoms with E-state index in [0.717, 1.165) is 36.0 Å². The Morgan fingerprint density at radius 2 is 1.48 bits per heavy atom. The first-order valence-corrected chi connectivity index (χ1v) is 8.02. The molecular weight excluding hydrogens is 296 g/mol. The Hall–Kier alpha value is -2.04. The maximum Gasteiger partial charge on any atom is 0.302 e. The average Bonchev–Trinajstić information content (AvgIpc) is 2.50. The van der Waals surface area contributed by atoms with Crippen LogP contribution in [0.5, 0.6) is 5.75 Å². The van der Waals surface area contributed by atoms with Gasteiger partial charge in [-0.05, 0) is 37.5 Å². The van der Waals surface area contributed by atoms with E-state index in [1.54, 1.807) is 0 Å². The first kappa shape index (κ1) is 19.0. The average molecular weight is 322 g/mol. The van der Waals surface area contributed by atoms with E-state index in [2.05, 4.69) is 6.92 Å². The summed E-state index contributed by atoms with van der Waals surface area (Å²) < 4.78 is 16.0. The Balaban J connectivity index is 3.15. The zero-order valence-electron chi connectivity index (χ0n) is 14.4. The molecule has 0 aliphatic rings. The fourth-order valence-electron chi connectivity index (χ4n) is 2.25. The SMILES string of the molecule is CCCCc1cc(COC(C)=O)c(OCC)c(COC(C)=O)c1. The third-order valence-electron chi connectivity index (χ3n) is 3.27. The van der Waals surface area contributed by atoms with Crippen LogP contribution in [0, 0.1) is 0 Å². The Bertz CT molecular complexity index is 497. The number of hydrogen-bond donors (Lipinski definition) is 0. The molecular formula is C18H26O5. The summed E-state index contributed by atoms with van der Waals surface area (Å²) >= 11 is 0. The molecule has 128 valence electrons. The predicted octanol–water partition coefficient (Wildman–Crippen LogP) is 3.55. The van der Waals surface area contributed by atoms with E-state index in [4.69, 9.17) is 14.2 Å². The molecule has 0 aliphatic carbocycles. The van der Waals surface area contributed by atoms with Crippen molar-refractivity contribution < 1.29 is 23.8 Å². The summed E-state index contributed by atoms with van der Waals surface area (Å²) in [7, 11) is 0. The summed E-state index contributed by atoms with van der Waals surface area (Å²) in [5.41, 5.74) is 2.73. The molecule has 23 heavy (non-hydrogen) atoms. The molecule has 0 saturated carbocycles. The molecule has 0 fully saturated rings. The minimum Gasteiger partial charge on any atom is -0.493 e. The highest BCUT2D eigenvalue weighted by Crippen LogP contribution is 2.29. The maximum absolute atomic E-state index is 11.1. The Labute approximate surface area is 137 Å². The molecule has 1 aromatic carbocycles. The highest BCUT2D eigenvalue weighted by molar-refractivity contribution is 5.66. The second-order valence-electron chi connectivity index (χ2n) is 5.34. The van der Waals surface area contributed by atoms with Crippen LogP contribution in [-0.4, -0.2) is 18.5 Å². The molecule has 0 saturated heterocycles. The minimum absolute atomic E-state index is 0.150. The van der Waals surface area contributed by atoms with Gasteiger partial charge in [0.05, 0.1) is 6.61 Å². The first-order chi connectivity index (χ1) is 11.0. The van der Waals surface area contributed by atoms with Crippen molar-refractivity contribution in [3.8, 4) is 5.75 Å². The van der Waals surface area contributed by atoms with Crippen LogP contribution in [0.15, 0.2) is 12.1 Å². The van der Waals surface area contributed by atoms with E-state index < -0.39 is 0 Å². The molecule has 1 rings (SSSR count). The molecule has 0 atom stereocenters. The molecule has 5 nitrogen and oxygen atoms in total. The second-order valence-corrected chi connectivity index (χ2v) is 5.34. The molecule has 0 N–H and O–H groups in total. The Kier molecular flexibility index (Phi) is 8.16. The van der Waals surface area contributed by atoms with Gasteiger partial charge in [0.2, 0.25) is 0 Å². The maximum atomic E-state index is 11.1. The van der Waals surface area contributed by atoms with Crippen molar-refractivity contribution in [2.24, 2.45) is 0 Å². The lowest BCUT2D eigenvalue weighted by molar-refractivity contribution is -0.142. The summed E-state index contributed by atoms with van der Waals surface area (Å²) in [6.07, 6.45) is 3.07. The largest absolute Gasteiger partial charge is 0.493 e. The number of rotatable bonds is 9. The summed E-state index contributed by atoms with van der Waals surface area (Å²) in [5, 5.41) is 0. The van der Waals surface area contributed by atoms with Crippen LogP contribution in [0.25, 0.3) is 0 Å². The number of carbonyl (C=O) groups excluding carboxylic acids is 2. The van der Waals surface area contributed by atoms with Crippen molar-refractivity contribution in [3.05, 3.63) is 28.8 Å². The van der Waals surface area contributed by atoms with Crippen LogP contribution in [-0.2, 0) is 38.7 Å². The van der Waals surface area contributed by atoms with Gasteiger partial charge >= 0.3 is 11.9 Å². The van der Waals surface area contributed by atoms with E-state index in [0.29, 0.717) is 12.4 Å². The van der Waals surface area contributed by atoms with Crippen molar-refractivity contribution in [1.29, 1.82) is 0 Å². The van der Waals surface area contributed by atoms with Crippen molar-refractivity contribution in [1.82, 2.24) is 0 Å². The molecule has 0 spiro atoms. The summed E-state index contributed by atoms with van der Waals surface area (Å²) in [4.78, 5) is 22.2. The van der Waals surface area contributed by atoms with Gasteiger partial charge in [0.15, 0.2) is 0 Å². The van der Waals surface area contributed by atoms with Gasteiger partial charge in [-0.3, -0.25) is 9.59 Å². The number of ether oxygens (including phenoxy) is 3. The van der Waals surface area contributed by atoms with Gasteiger partial charge in [0.1, 0.15) is 19.0 Å². The summed E-state index contributed by atoms with van der Waals surface area (Å²) in [6, 6.07) is 4.00. The van der Waals surface area contributed by atoms with Crippen LogP contribution in [0.4, 0.5) is 0 Å². The van der Waals surface area contributed by atoms with E-state index in [-0.39, 0.29) is 25.2 Å². The van der Waals surface area contributed by atoms with Gasteiger partial charge in [-0.2, -0.15) is 0 Å². The zero-order chi connectivity index (χ0) is 17.2. The topological polar surface area (TPSA) is 61.8 Å². The van der Waals surface area contributed by atoms with Gasteiger partial charge in [0, 0.05) is 25.0 Å². The van der Waals surface area contributed by atoms with Gasteiger partial charge in [0.25, 0.3) is 0 Å². The van der Waals surface area contributed by atoms with E-state index >= 15 is 0 Å². The van der Waals surface area contributed by atoms with Crippen molar-refractivity contribution in [2.75, 3.05) is 6.61 Å². The lowest BCUT2D eigenvalue weighted by Crippen LogP contribution is -2.08. The number of hydrogen-bond acceptors (Lipinski definition) is 5. The molecule has 0 aromatic heterocycles. The first-order valence-electron chi connectivity index (χ1n) is 8.02. The standard InChI is InChI=1S/C18H26O5/c1-5-7-8-15-9-16(11-22-13(3)19)18(21-6-2)17(10-15)12-23-14(4)20/h9-10H,5-8,11-12H2,1-4H3. The quantitative estimate of drug-likeness (QED) is 0.651. The van der Waals surface area contributed by atoms with Crippen LogP contribution < -0.4 is 4.74 Å². The van der Waals surface area contributed by atoms with Crippen molar-refractivity contribution >= 4 is 11.9 Å². The van der Waals surface area contributed by atoms with Crippen LogP contribution >= 0.6 is 0 Å². The molecule has 5 heteroatoms.